The second-order valence-electron chi connectivity index (χ2n) is 6.32. The van der Waals surface area contributed by atoms with E-state index >= 15 is 0 Å². The SMILES string of the molecule is COc1ccc(CC(=O)N2c3ccccc3[C@H](C(=O)O)C[C@H]2C)cc1. The first-order valence-electron chi connectivity index (χ1n) is 8.28. The molecule has 25 heavy (non-hydrogen) atoms. The Labute approximate surface area is 146 Å². The average Bonchev–Trinajstić information content (AvgIpc) is 2.61. The van der Waals surface area contributed by atoms with E-state index < -0.39 is 11.9 Å². The van der Waals surface area contributed by atoms with E-state index in [0.29, 0.717) is 17.7 Å². The quantitative estimate of drug-likeness (QED) is 0.929. The van der Waals surface area contributed by atoms with Gasteiger partial charge in [-0.05, 0) is 42.7 Å². The van der Waals surface area contributed by atoms with Crippen LogP contribution in [0.25, 0.3) is 0 Å². The number of amides is 1. The molecule has 5 heteroatoms. The van der Waals surface area contributed by atoms with Crippen molar-refractivity contribution in [3.8, 4) is 5.75 Å². The predicted molar refractivity (Wildman–Crippen MR) is 95.1 cm³/mol. The molecule has 0 saturated carbocycles. The summed E-state index contributed by atoms with van der Waals surface area (Å²) in [6.07, 6.45) is 0.682. The lowest BCUT2D eigenvalue weighted by atomic mass is 9.86. The number of aliphatic carboxylic acids is 1. The van der Waals surface area contributed by atoms with Crippen molar-refractivity contribution < 1.29 is 19.4 Å². The number of carbonyl (C=O) groups is 2. The molecular weight excluding hydrogens is 318 g/mol. The first kappa shape index (κ1) is 17.0. The van der Waals surface area contributed by atoms with Crippen molar-refractivity contribution in [1.29, 1.82) is 0 Å². The summed E-state index contributed by atoms with van der Waals surface area (Å²) in [5.74, 6) is -0.705. The van der Waals surface area contributed by atoms with E-state index in [1.165, 1.54) is 0 Å². The standard InChI is InChI=1S/C20H21NO4/c1-13-11-17(20(23)24)16-5-3-4-6-18(16)21(13)19(22)12-14-7-9-15(25-2)10-8-14/h3-10,13,17H,11-12H2,1-2H3,(H,23,24)/t13-,17-/m1/s1. The van der Waals surface area contributed by atoms with Crippen molar-refractivity contribution in [2.75, 3.05) is 12.0 Å². The maximum absolute atomic E-state index is 12.9. The molecule has 1 N–H and O–H groups in total. The van der Waals surface area contributed by atoms with Gasteiger partial charge in [0, 0.05) is 11.7 Å². The molecule has 2 atom stereocenters. The summed E-state index contributed by atoms with van der Waals surface area (Å²) in [4.78, 5) is 26.2. The number of anilines is 1. The van der Waals surface area contributed by atoms with Gasteiger partial charge in [0.2, 0.25) is 5.91 Å². The van der Waals surface area contributed by atoms with Gasteiger partial charge in [0.15, 0.2) is 0 Å². The minimum absolute atomic E-state index is 0.0334. The first-order chi connectivity index (χ1) is 12.0. The first-order valence-corrected chi connectivity index (χ1v) is 8.28. The highest BCUT2D eigenvalue weighted by Gasteiger charge is 2.36. The summed E-state index contributed by atoms with van der Waals surface area (Å²) in [7, 11) is 1.60. The Morgan fingerprint density at radius 3 is 2.48 bits per heavy atom. The zero-order valence-corrected chi connectivity index (χ0v) is 14.3. The van der Waals surface area contributed by atoms with Crippen molar-refractivity contribution in [2.45, 2.75) is 31.7 Å². The lowest BCUT2D eigenvalue weighted by molar-refractivity contribution is -0.139. The lowest BCUT2D eigenvalue weighted by Crippen LogP contribution is -2.45. The topological polar surface area (TPSA) is 66.8 Å². The summed E-state index contributed by atoms with van der Waals surface area (Å²) in [5, 5.41) is 9.50. The fraction of sp³-hybridized carbons (Fsp3) is 0.300. The molecule has 2 aromatic rings. The van der Waals surface area contributed by atoms with Gasteiger partial charge in [-0.1, -0.05) is 30.3 Å². The van der Waals surface area contributed by atoms with Crippen molar-refractivity contribution in [1.82, 2.24) is 0 Å². The minimum Gasteiger partial charge on any atom is -0.497 e. The smallest absolute Gasteiger partial charge is 0.311 e. The highest BCUT2D eigenvalue weighted by Crippen LogP contribution is 2.38. The summed E-state index contributed by atoms with van der Waals surface area (Å²) in [5.41, 5.74) is 2.30. The van der Waals surface area contributed by atoms with Gasteiger partial charge in [-0.2, -0.15) is 0 Å². The third kappa shape index (κ3) is 3.36. The normalized spacial score (nSPS) is 19.2. The van der Waals surface area contributed by atoms with Gasteiger partial charge in [-0.15, -0.1) is 0 Å². The van der Waals surface area contributed by atoms with Gasteiger partial charge >= 0.3 is 5.97 Å². The molecule has 3 rings (SSSR count). The Morgan fingerprint density at radius 2 is 1.84 bits per heavy atom. The van der Waals surface area contributed by atoms with Gasteiger partial charge in [-0.3, -0.25) is 9.59 Å². The highest BCUT2D eigenvalue weighted by molar-refractivity contribution is 5.98. The van der Waals surface area contributed by atoms with E-state index in [9.17, 15) is 14.7 Å². The number of benzene rings is 2. The molecule has 5 nitrogen and oxygen atoms in total. The Hall–Kier alpha value is -2.82. The van der Waals surface area contributed by atoms with E-state index in [-0.39, 0.29) is 18.4 Å². The molecule has 1 aliphatic heterocycles. The zero-order valence-electron chi connectivity index (χ0n) is 14.3. The van der Waals surface area contributed by atoms with Gasteiger partial charge < -0.3 is 14.7 Å². The number of methoxy groups -OCH3 is 1. The van der Waals surface area contributed by atoms with Crippen LogP contribution < -0.4 is 9.64 Å². The Kier molecular flexibility index (Phi) is 4.74. The number of carboxylic acid groups (broad SMARTS) is 1. The molecule has 0 saturated heterocycles. The summed E-state index contributed by atoms with van der Waals surface area (Å²) >= 11 is 0. The van der Waals surface area contributed by atoms with E-state index in [4.69, 9.17) is 4.74 Å². The number of carboxylic acids is 1. The van der Waals surface area contributed by atoms with E-state index in [2.05, 4.69) is 0 Å². The van der Waals surface area contributed by atoms with E-state index in [0.717, 1.165) is 11.3 Å². The summed E-state index contributed by atoms with van der Waals surface area (Å²) in [6.45, 7) is 1.90. The molecule has 0 aromatic heterocycles. The van der Waals surface area contributed by atoms with Crippen LogP contribution in [0.5, 0.6) is 5.75 Å². The van der Waals surface area contributed by atoms with Crippen LogP contribution in [0.15, 0.2) is 48.5 Å². The largest absolute Gasteiger partial charge is 0.497 e. The van der Waals surface area contributed by atoms with Crippen LogP contribution >= 0.6 is 0 Å². The number of fused-ring (bicyclic) bond motifs is 1. The molecule has 0 unspecified atom stereocenters. The fourth-order valence-corrected chi connectivity index (χ4v) is 3.43. The van der Waals surface area contributed by atoms with E-state index in [1.54, 1.807) is 18.1 Å². The Bertz CT molecular complexity index is 785. The van der Waals surface area contributed by atoms with Crippen molar-refractivity contribution in [3.05, 3.63) is 59.7 Å². The average molecular weight is 339 g/mol. The lowest BCUT2D eigenvalue weighted by Gasteiger charge is -2.38. The number of carbonyl (C=O) groups excluding carboxylic acids is 1. The Morgan fingerprint density at radius 1 is 1.16 bits per heavy atom. The monoisotopic (exact) mass is 339 g/mol. The molecule has 0 fully saturated rings. The van der Waals surface area contributed by atoms with Crippen LogP contribution in [0.2, 0.25) is 0 Å². The van der Waals surface area contributed by atoms with Gasteiger partial charge in [0.25, 0.3) is 0 Å². The molecule has 1 heterocycles. The number of para-hydroxylation sites is 1. The van der Waals surface area contributed by atoms with Crippen LogP contribution in [0, 0.1) is 0 Å². The van der Waals surface area contributed by atoms with Gasteiger partial charge in [-0.25, -0.2) is 0 Å². The molecular formula is C20H21NO4. The molecule has 130 valence electrons. The Balaban J connectivity index is 1.88. The molecule has 0 bridgehead atoms. The summed E-state index contributed by atoms with van der Waals surface area (Å²) < 4.78 is 5.14. The summed E-state index contributed by atoms with van der Waals surface area (Å²) in [6, 6.07) is 14.5. The van der Waals surface area contributed by atoms with Crippen molar-refractivity contribution >= 4 is 17.6 Å². The zero-order chi connectivity index (χ0) is 18.0. The van der Waals surface area contributed by atoms with E-state index in [1.807, 2.05) is 49.4 Å². The molecule has 1 amide bonds. The fourth-order valence-electron chi connectivity index (χ4n) is 3.43. The van der Waals surface area contributed by atoms with Gasteiger partial charge in [0.05, 0.1) is 19.4 Å². The number of nitrogens with zero attached hydrogens (tertiary/aromatic N) is 1. The van der Waals surface area contributed by atoms with Crippen LogP contribution in [0.3, 0.4) is 0 Å². The highest BCUT2D eigenvalue weighted by atomic mass is 16.5. The van der Waals surface area contributed by atoms with Crippen molar-refractivity contribution in [3.63, 3.8) is 0 Å². The second-order valence-corrected chi connectivity index (χ2v) is 6.32. The van der Waals surface area contributed by atoms with Gasteiger partial charge in [0.1, 0.15) is 5.75 Å². The van der Waals surface area contributed by atoms with Crippen LogP contribution in [0.1, 0.15) is 30.4 Å². The molecule has 2 aromatic carbocycles. The number of hydrogen-bond donors (Lipinski definition) is 1. The third-order valence-corrected chi connectivity index (χ3v) is 4.67. The van der Waals surface area contributed by atoms with Crippen LogP contribution in [-0.2, 0) is 16.0 Å². The predicted octanol–water partition coefficient (Wildman–Crippen LogP) is 3.23. The molecule has 0 spiro atoms. The molecule has 0 aliphatic carbocycles. The maximum atomic E-state index is 12.9. The third-order valence-electron chi connectivity index (χ3n) is 4.67. The second kappa shape index (κ2) is 6.97. The number of ether oxygens (including phenoxy) is 1. The number of rotatable bonds is 4. The van der Waals surface area contributed by atoms with Crippen LogP contribution in [-0.4, -0.2) is 30.1 Å². The number of hydrogen-bond acceptors (Lipinski definition) is 3. The molecule has 1 aliphatic rings. The maximum Gasteiger partial charge on any atom is 0.311 e. The molecule has 0 radical (unpaired) electrons. The minimum atomic E-state index is -0.846. The van der Waals surface area contributed by atoms with Crippen LogP contribution in [0.4, 0.5) is 5.69 Å². The van der Waals surface area contributed by atoms with Crippen molar-refractivity contribution in [2.24, 2.45) is 0 Å².